The van der Waals surface area contributed by atoms with E-state index in [9.17, 15) is 4.21 Å². The summed E-state index contributed by atoms with van der Waals surface area (Å²) in [5.41, 5.74) is 6.66. The Hall–Kier alpha value is -0.630. The van der Waals surface area contributed by atoms with Gasteiger partial charge >= 0.3 is 0 Å². The van der Waals surface area contributed by atoms with Crippen molar-refractivity contribution in [2.45, 2.75) is 17.9 Å². The molecular weight excluding hydrogens is 349 g/mol. The Balaban J connectivity index is 0.00000256. The second-order valence-corrected chi connectivity index (χ2v) is 4.88. The van der Waals surface area contributed by atoms with Gasteiger partial charge in [-0.3, -0.25) is 9.20 Å². The number of halogens is 1. The van der Waals surface area contributed by atoms with Crippen LogP contribution in [-0.4, -0.2) is 23.5 Å². The van der Waals surface area contributed by atoms with E-state index in [1.165, 1.54) is 0 Å². The standard InChI is InChI=1S/C11H17N3OS.HI/c1-8(14-11(12)13-2)9-4-6-10(7-5-9)16(3)15;/h4-8H,1-3H3,(H3,12,13,14);1H. The zero-order valence-corrected chi connectivity index (χ0v) is 13.3. The van der Waals surface area contributed by atoms with Crippen LogP contribution in [0.2, 0.25) is 0 Å². The predicted octanol–water partition coefficient (Wildman–Crippen LogP) is 1.64. The maximum atomic E-state index is 11.2. The Morgan fingerprint density at radius 3 is 2.35 bits per heavy atom. The van der Waals surface area contributed by atoms with Crippen molar-refractivity contribution in [3.8, 4) is 0 Å². The van der Waals surface area contributed by atoms with Gasteiger partial charge < -0.3 is 11.1 Å². The van der Waals surface area contributed by atoms with E-state index in [0.29, 0.717) is 5.96 Å². The van der Waals surface area contributed by atoms with E-state index in [1.54, 1.807) is 13.3 Å². The van der Waals surface area contributed by atoms with Gasteiger partial charge in [-0.15, -0.1) is 24.0 Å². The van der Waals surface area contributed by atoms with Crippen LogP contribution in [0.4, 0.5) is 0 Å². The molecule has 0 aliphatic heterocycles. The fraction of sp³-hybridized carbons (Fsp3) is 0.364. The van der Waals surface area contributed by atoms with Gasteiger partial charge in [0.1, 0.15) is 0 Å². The minimum Gasteiger partial charge on any atom is -0.370 e. The summed E-state index contributed by atoms with van der Waals surface area (Å²) in [7, 11) is 0.706. The number of guanidine groups is 1. The lowest BCUT2D eigenvalue weighted by atomic mass is 10.1. The van der Waals surface area contributed by atoms with Crippen LogP contribution in [0.5, 0.6) is 0 Å². The molecule has 2 atom stereocenters. The molecule has 0 saturated heterocycles. The molecule has 0 amide bonds. The molecular formula is C11H18IN3OS. The summed E-state index contributed by atoms with van der Waals surface area (Å²) >= 11 is 0. The second kappa shape index (κ2) is 7.65. The molecule has 4 nitrogen and oxygen atoms in total. The third-order valence-corrected chi connectivity index (χ3v) is 3.25. The molecule has 0 aliphatic carbocycles. The molecule has 0 bridgehead atoms. The Morgan fingerprint density at radius 2 is 1.94 bits per heavy atom. The van der Waals surface area contributed by atoms with Crippen LogP contribution in [0, 0.1) is 0 Å². The summed E-state index contributed by atoms with van der Waals surface area (Å²) in [5, 5.41) is 3.05. The van der Waals surface area contributed by atoms with Crippen molar-refractivity contribution in [3.05, 3.63) is 29.8 Å². The SMILES string of the molecule is CN=C(N)NC(C)c1ccc(S(C)=O)cc1.I. The van der Waals surface area contributed by atoms with Gasteiger partial charge in [-0.2, -0.15) is 0 Å². The van der Waals surface area contributed by atoms with Gasteiger partial charge in [0.2, 0.25) is 0 Å². The van der Waals surface area contributed by atoms with Crippen molar-refractivity contribution in [1.29, 1.82) is 0 Å². The molecule has 0 spiro atoms. The molecule has 3 N–H and O–H groups in total. The van der Waals surface area contributed by atoms with Crippen LogP contribution in [0.15, 0.2) is 34.2 Å². The van der Waals surface area contributed by atoms with Crippen molar-refractivity contribution >= 4 is 40.7 Å². The van der Waals surface area contributed by atoms with Gasteiger partial charge in [0.25, 0.3) is 0 Å². The zero-order valence-electron chi connectivity index (χ0n) is 10.1. The highest BCUT2D eigenvalue weighted by Crippen LogP contribution is 2.14. The van der Waals surface area contributed by atoms with Crippen LogP contribution >= 0.6 is 24.0 Å². The smallest absolute Gasteiger partial charge is 0.188 e. The average molecular weight is 367 g/mol. The molecule has 2 unspecified atom stereocenters. The fourth-order valence-electron chi connectivity index (χ4n) is 1.32. The van der Waals surface area contributed by atoms with Crippen LogP contribution in [0.3, 0.4) is 0 Å². The molecule has 0 saturated carbocycles. The Labute approximate surface area is 122 Å². The minimum absolute atomic E-state index is 0. The van der Waals surface area contributed by atoms with Crippen molar-refractivity contribution in [3.63, 3.8) is 0 Å². The van der Waals surface area contributed by atoms with Crippen LogP contribution in [0.25, 0.3) is 0 Å². The summed E-state index contributed by atoms with van der Waals surface area (Å²) in [6.45, 7) is 2.00. The molecule has 1 aromatic carbocycles. The van der Waals surface area contributed by atoms with Gasteiger partial charge in [-0.25, -0.2) is 0 Å². The molecule has 0 aromatic heterocycles. The lowest BCUT2D eigenvalue weighted by Gasteiger charge is -2.14. The number of hydrogen-bond acceptors (Lipinski definition) is 2. The highest BCUT2D eigenvalue weighted by Gasteiger charge is 2.06. The average Bonchev–Trinajstić information content (AvgIpc) is 2.28. The number of hydrogen-bond donors (Lipinski definition) is 2. The largest absolute Gasteiger partial charge is 0.370 e. The molecule has 0 radical (unpaired) electrons. The van der Waals surface area contributed by atoms with Crippen LogP contribution < -0.4 is 11.1 Å². The Kier molecular flexibility index (Phi) is 7.37. The summed E-state index contributed by atoms with van der Waals surface area (Å²) in [4.78, 5) is 4.66. The van der Waals surface area contributed by atoms with Crippen molar-refractivity contribution in [2.24, 2.45) is 10.7 Å². The molecule has 1 rings (SSSR count). The van der Waals surface area contributed by atoms with Gasteiger partial charge in [0.05, 0.1) is 6.04 Å². The van der Waals surface area contributed by atoms with Gasteiger partial charge in [-0.1, -0.05) is 12.1 Å². The zero-order chi connectivity index (χ0) is 12.1. The number of benzene rings is 1. The third kappa shape index (κ3) is 5.03. The summed E-state index contributed by atoms with van der Waals surface area (Å²) in [5.74, 6) is 0.413. The van der Waals surface area contributed by atoms with Crippen LogP contribution in [0.1, 0.15) is 18.5 Å². The predicted molar refractivity (Wildman–Crippen MR) is 83.3 cm³/mol. The molecule has 0 heterocycles. The summed E-state index contributed by atoms with van der Waals surface area (Å²) in [6.07, 6.45) is 1.67. The highest BCUT2D eigenvalue weighted by molar-refractivity contribution is 14.0. The van der Waals surface area contributed by atoms with E-state index >= 15 is 0 Å². The van der Waals surface area contributed by atoms with E-state index in [0.717, 1.165) is 10.5 Å². The minimum atomic E-state index is -0.932. The first-order chi connectivity index (χ1) is 7.54. The molecule has 0 aliphatic rings. The van der Waals surface area contributed by atoms with E-state index < -0.39 is 10.8 Å². The maximum Gasteiger partial charge on any atom is 0.188 e. The fourth-order valence-corrected chi connectivity index (χ4v) is 1.84. The first-order valence-electron chi connectivity index (χ1n) is 4.96. The molecule has 0 fully saturated rings. The van der Waals surface area contributed by atoms with Gasteiger partial charge in [0, 0.05) is 29.0 Å². The number of aliphatic imine (C=N–C) groups is 1. The van der Waals surface area contributed by atoms with Crippen molar-refractivity contribution in [1.82, 2.24) is 5.32 Å². The number of nitrogens with two attached hydrogens (primary N) is 1. The number of nitrogens with one attached hydrogen (secondary N) is 1. The van der Waals surface area contributed by atoms with Crippen molar-refractivity contribution < 1.29 is 4.21 Å². The first-order valence-corrected chi connectivity index (χ1v) is 6.52. The topological polar surface area (TPSA) is 67.5 Å². The molecule has 1 aromatic rings. The van der Waals surface area contributed by atoms with Crippen molar-refractivity contribution in [2.75, 3.05) is 13.3 Å². The van der Waals surface area contributed by atoms with E-state index in [2.05, 4.69) is 10.3 Å². The van der Waals surface area contributed by atoms with Gasteiger partial charge in [-0.05, 0) is 24.6 Å². The Bertz CT molecular complexity index is 406. The van der Waals surface area contributed by atoms with E-state index in [4.69, 9.17) is 5.73 Å². The van der Waals surface area contributed by atoms with Gasteiger partial charge in [0.15, 0.2) is 5.96 Å². The third-order valence-electron chi connectivity index (χ3n) is 2.32. The highest BCUT2D eigenvalue weighted by atomic mass is 127. The van der Waals surface area contributed by atoms with E-state index in [1.807, 2.05) is 31.2 Å². The maximum absolute atomic E-state index is 11.2. The quantitative estimate of drug-likeness (QED) is 0.485. The van der Waals surface area contributed by atoms with E-state index in [-0.39, 0.29) is 30.0 Å². The normalized spacial score (nSPS) is 14.6. The molecule has 17 heavy (non-hydrogen) atoms. The molecule has 96 valence electrons. The lowest BCUT2D eigenvalue weighted by molar-refractivity contribution is 0.686. The summed E-state index contributed by atoms with van der Waals surface area (Å²) in [6, 6.07) is 7.70. The summed E-state index contributed by atoms with van der Waals surface area (Å²) < 4.78 is 11.2. The number of rotatable bonds is 3. The monoisotopic (exact) mass is 367 g/mol. The number of nitrogens with zero attached hydrogens (tertiary/aromatic N) is 1. The Morgan fingerprint density at radius 1 is 1.41 bits per heavy atom. The first kappa shape index (κ1) is 16.4. The second-order valence-electron chi connectivity index (χ2n) is 3.50. The van der Waals surface area contributed by atoms with Crippen LogP contribution in [-0.2, 0) is 10.8 Å². The molecule has 6 heteroatoms. The lowest BCUT2D eigenvalue weighted by Crippen LogP contribution is -2.33.